The molecule has 1 rings (SSSR count). The standard InChI is InChI=1S/C11H15O2S/c1-9(12)11-7-5-4-6-10(11)8-14(2,3)13/h4-7H,8H2,1-3H3/q+1. The number of hydrogen-bond donors (Lipinski definition) is 0. The Morgan fingerprint density at radius 3 is 2.36 bits per heavy atom. The topological polar surface area (TPSA) is 34.1 Å². The van der Waals surface area contributed by atoms with E-state index in [0.717, 1.165) is 5.56 Å². The Morgan fingerprint density at radius 1 is 1.29 bits per heavy atom. The highest BCUT2D eigenvalue weighted by atomic mass is 32.2. The lowest BCUT2D eigenvalue weighted by atomic mass is 10.1. The van der Waals surface area contributed by atoms with Crippen LogP contribution in [0.15, 0.2) is 24.3 Å². The van der Waals surface area contributed by atoms with Crippen LogP contribution in [0.1, 0.15) is 22.8 Å². The first-order chi connectivity index (χ1) is 6.40. The van der Waals surface area contributed by atoms with E-state index in [-0.39, 0.29) is 5.78 Å². The normalized spacial score (nSPS) is 11.4. The number of benzene rings is 1. The smallest absolute Gasteiger partial charge is 0.160 e. The van der Waals surface area contributed by atoms with Gasteiger partial charge in [0.1, 0.15) is 18.3 Å². The summed E-state index contributed by atoms with van der Waals surface area (Å²) in [5.41, 5.74) is 1.57. The van der Waals surface area contributed by atoms with Gasteiger partial charge in [-0.05, 0) is 6.92 Å². The van der Waals surface area contributed by atoms with Crippen LogP contribution in [-0.2, 0) is 19.9 Å². The molecule has 0 atom stereocenters. The molecule has 0 aliphatic rings. The average molecular weight is 211 g/mol. The number of ketones is 1. The highest BCUT2D eigenvalue weighted by Crippen LogP contribution is 2.14. The second kappa shape index (κ2) is 4.05. The Hall–Kier alpha value is -0.960. The number of rotatable bonds is 3. The van der Waals surface area contributed by atoms with E-state index in [0.29, 0.717) is 11.3 Å². The van der Waals surface area contributed by atoms with Crippen LogP contribution in [0.2, 0.25) is 0 Å². The van der Waals surface area contributed by atoms with Gasteiger partial charge in [-0.15, -0.1) is 4.21 Å². The summed E-state index contributed by atoms with van der Waals surface area (Å²) >= 11 is 0. The predicted octanol–water partition coefficient (Wildman–Crippen LogP) is 2.15. The lowest BCUT2D eigenvalue weighted by Gasteiger charge is -2.05. The molecule has 2 nitrogen and oxygen atoms in total. The van der Waals surface area contributed by atoms with Gasteiger partial charge in [-0.3, -0.25) is 4.79 Å². The summed E-state index contributed by atoms with van der Waals surface area (Å²) in [6, 6.07) is 7.34. The number of carbonyl (C=O) groups is 1. The fourth-order valence-corrected chi connectivity index (χ4v) is 2.36. The molecule has 1 aromatic carbocycles. The largest absolute Gasteiger partial charge is 0.294 e. The van der Waals surface area contributed by atoms with Crippen LogP contribution in [0.5, 0.6) is 0 Å². The lowest BCUT2D eigenvalue weighted by Crippen LogP contribution is -2.11. The fourth-order valence-electron chi connectivity index (χ4n) is 1.36. The molecule has 3 heteroatoms. The molecule has 0 saturated heterocycles. The van der Waals surface area contributed by atoms with Gasteiger partial charge in [0.15, 0.2) is 5.78 Å². The highest BCUT2D eigenvalue weighted by molar-refractivity contribution is 8.00. The van der Waals surface area contributed by atoms with Gasteiger partial charge in [0.2, 0.25) is 0 Å². The zero-order valence-corrected chi connectivity index (χ0v) is 9.56. The summed E-state index contributed by atoms with van der Waals surface area (Å²) in [4.78, 5) is 11.3. The highest BCUT2D eigenvalue weighted by Gasteiger charge is 2.17. The molecule has 0 aromatic heterocycles. The molecule has 0 radical (unpaired) electrons. The van der Waals surface area contributed by atoms with E-state index in [9.17, 15) is 9.00 Å². The maximum absolute atomic E-state index is 11.6. The van der Waals surface area contributed by atoms with E-state index in [1.807, 2.05) is 18.2 Å². The summed E-state index contributed by atoms with van der Waals surface area (Å²) in [5.74, 6) is 0.507. The summed E-state index contributed by atoms with van der Waals surface area (Å²) in [6.45, 7) is 1.53. The van der Waals surface area contributed by atoms with Crippen LogP contribution in [0.25, 0.3) is 0 Å². The van der Waals surface area contributed by atoms with Crippen LogP contribution < -0.4 is 0 Å². The lowest BCUT2D eigenvalue weighted by molar-refractivity contribution is 0.101. The Bertz CT molecular complexity index is 390. The second-order valence-corrected chi connectivity index (χ2v) is 6.96. The van der Waals surface area contributed by atoms with Crippen LogP contribution in [0.4, 0.5) is 0 Å². The molecule has 0 aliphatic carbocycles. The van der Waals surface area contributed by atoms with Crippen molar-refractivity contribution >= 4 is 15.7 Å². The minimum absolute atomic E-state index is 0.0317. The van der Waals surface area contributed by atoms with Crippen molar-refractivity contribution in [1.82, 2.24) is 0 Å². The Labute approximate surface area is 85.8 Å². The maximum atomic E-state index is 11.6. The molecule has 0 aliphatic heterocycles. The molecule has 0 unspecified atom stereocenters. The van der Waals surface area contributed by atoms with Crippen molar-refractivity contribution in [2.24, 2.45) is 0 Å². The number of carbonyl (C=O) groups excluding carboxylic acids is 1. The van der Waals surface area contributed by atoms with E-state index in [1.54, 1.807) is 18.6 Å². The van der Waals surface area contributed by atoms with Crippen molar-refractivity contribution in [2.45, 2.75) is 12.7 Å². The molecule has 14 heavy (non-hydrogen) atoms. The molecule has 76 valence electrons. The van der Waals surface area contributed by atoms with Gasteiger partial charge in [0, 0.05) is 11.1 Å². The van der Waals surface area contributed by atoms with Gasteiger partial charge in [-0.25, -0.2) is 0 Å². The molecule has 0 fully saturated rings. The van der Waals surface area contributed by atoms with Crippen molar-refractivity contribution in [3.63, 3.8) is 0 Å². The minimum Gasteiger partial charge on any atom is -0.294 e. The zero-order valence-electron chi connectivity index (χ0n) is 8.74. The van der Waals surface area contributed by atoms with Gasteiger partial charge in [-0.2, -0.15) is 0 Å². The SMILES string of the molecule is CC(=O)c1ccccc1C[S+](C)(C)=O. The third-order valence-electron chi connectivity index (χ3n) is 1.90. The Balaban J connectivity index is 3.08. The van der Waals surface area contributed by atoms with Crippen LogP contribution in [-0.4, -0.2) is 18.3 Å². The molecule has 0 saturated carbocycles. The minimum atomic E-state index is -1.84. The maximum Gasteiger partial charge on any atom is 0.160 e. The van der Waals surface area contributed by atoms with Gasteiger partial charge < -0.3 is 0 Å². The molecule has 0 spiro atoms. The third-order valence-corrected chi connectivity index (χ3v) is 2.91. The molecule has 0 amide bonds. The van der Waals surface area contributed by atoms with E-state index < -0.39 is 9.93 Å². The van der Waals surface area contributed by atoms with Crippen molar-refractivity contribution in [3.05, 3.63) is 35.4 Å². The molecule has 0 heterocycles. The predicted molar refractivity (Wildman–Crippen MR) is 60.1 cm³/mol. The molecular formula is C11H15O2S+. The summed E-state index contributed by atoms with van der Waals surface area (Å²) < 4.78 is 11.6. The van der Waals surface area contributed by atoms with Crippen LogP contribution >= 0.6 is 0 Å². The van der Waals surface area contributed by atoms with Gasteiger partial charge in [-0.1, -0.05) is 24.3 Å². The summed E-state index contributed by atoms with van der Waals surface area (Å²) in [6.07, 6.45) is 3.42. The van der Waals surface area contributed by atoms with E-state index >= 15 is 0 Å². The monoisotopic (exact) mass is 211 g/mol. The Kier molecular flexibility index (Phi) is 3.21. The first kappa shape index (κ1) is 11.1. The van der Waals surface area contributed by atoms with Crippen molar-refractivity contribution in [3.8, 4) is 0 Å². The second-order valence-electron chi connectivity index (χ2n) is 3.79. The fraction of sp³-hybridized carbons (Fsp3) is 0.364. The van der Waals surface area contributed by atoms with Crippen LogP contribution in [0.3, 0.4) is 0 Å². The number of hydrogen-bond acceptors (Lipinski definition) is 2. The van der Waals surface area contributed by atoms with E-state index in [2.05, 4.69) is 0 Å². The summed E-state index contributed by atoms with van der Waals surface area (Å²) in [5, 5.41) is 0. The quantitative estimate of drug-likeness (QED) is 0.567. The van der Waals surface area contributed by atoms with E-state index in [1.165, 1.54) is 6.92 Å². The average Bonchev–Trinajstić information content (AvgIpc) is 2.01. The molecule has 0 bridgehead atoms. The summed E-state index contributed by atoms with van der Waals surface area (Å²) in [7, 11) is -1.84. The van der Waals surface area contributed by atoms with Crippen molar-refractivity contribution in [1.29, 1.82) is 0 Å². The molecule has 1 aromatic rings. The Morgan fingerprint density at radius 2 is 1.86 bits per heavy atom. The van der Waals surface area contributed by atoms with Gasteiger partial charge in [0.25, 0.3) is 0 Å². The first-order valence-corrected chi connectivity index (χ1v) is 6.95. The van der Waals surface area contributed by atoms with Crippen LogP contribution in [0, 0.1) is 0 Å². The first-order valence-electron chi connectivity index (χ1n) is 4.41. The van der Waals surface area contributed by atoms with Gasteiger partial charge in [0.05, 0.1) is 9.93 Å². The zero-order chi connectivity index (χ0) is 10.8. The van der Waals surface area contributed by atoms with Crippen molar-refractivity contribution in [2.75, 3.05) is 12.5 Å². The molecule has 0 N–H and O–H groups in total. The van der Waals surface area contributed by atoms with Gasteiger partial charge >= 0.3 is 0 Å². The molecular weight excluding hydrogens is 196 g/mol. The van der Waals surface area contributed by atoms with E-state index in [4.69, 9.17) is 0 Å². The third kappa shape index (κ3) is 3.07. The van der Waals surface area contributed by atoms with Crippen molar-refractivity contribution < 1.29 is 9.00 Å². The number of Topliss-reactive ketones (excluding diaryl/α,β-unsaturated/α-hetero) is 1.